The van der Waals surface area contributed by atoms with Gasteiger partial charge in [0.1, 0.15) is 0 Å². The Labute approximate surface area is 255 Å². The molecule has 0 bridgehead atoms. The molecule has 0 heterocycles. The molecule has 0 atom stereocenters. The average molecular weight is 563 g/mol. The fraction of sp³-hybridized carbons (Fsp3) is 0.900. The van der Waals surface area contributed by atoms with Gasteiger partial charge in [-0.1, -0.05) is 100 Å². The second-order valence-corrected chi connectivity index (χ2v) is 15.9. The molecule has 0 spiro atoms. The molecule has 0 aliphatic heterocycles. The van der Waals surface area contributed by atoms with Crippen molar-refractivity contribution in [2.45, 2.75) is 192 Å². The quantitative estimate of drug-likeness (QED) is 0.267. The summed E-state index contributed by atoms with van der Waals surface area (Å²) in [4.78, 5) is 0. The second kappa shape index (κ2) is 16.0. The summed E-state index contributed by atoms with van der Waals surface area (Å²) in [5.74, 6) is 5.41. The van der Waals surface area contributed by atoms with Crippen molar-refractivity contribution in [3.8, 4) is 0 Å². The van der Waals surface area contributed by atoms with Crippen LogP contribution in [0.5, 0.6) is 0 Å². The van der Waals surface area contributed by atoms with E-state index >= 15 is 0 Å². The zero-order chi connectivity index (χ0) is 27.7. The maximum absolute atomic E-state index is 6.86. The van der Waals surface area contributed by atoms with Crippen LogP contribution in [0.1, 0.15) is 180 Å². The van der Waals surface area contributed by atoms with Crippen LogP contribution in [-0.4, -0.2) is 12.2 Å². The van der Waals surface area contributed by atoms with E-state index in [1.165, 1.54) is 180 Å². The van der Waals surface area contributed by atoms with Crippen LogP contribution >= 0.6 is 0 Å². The Hall–Kier alpha value is -0.560. The van der Waals surface area contributed by atoms with Gasteiger partial charge < -0.3 is 4.74 Å². The summed E-state index contributed by atoms with van der Waals surface area (Å²) >= 11 is 0. The number of ether oxygens (including phenoxy) is 1. The Kier molecular flexibility index (Phi) is 11.9. The number of allylic oxidation sites excluding steroid dienone is 4. The van der Waals surface area contributed by atoms with Gasteiger partial charge in [-0.25, -0.2) is 0 Å². The first-order valence-electron chi connectivity index (χ1n) is 19.4. The fourth-order valence-electron chi connectivity index (χ4n) is 10.6. The highest BCUT2D eigenvalue weighted by Crippen LogP contribution is 2.44. The third-order valence-corrected chi connectivity index (χ3v) is 13.0. The molecule has 0 unspecified atom stereocenters. The molecule has 6 aliphatic rings. The Morgan fingerprint density at radius 1 is 0.317 bits per heavy atom. The lowest BCUT2D eigenvalue weighted by molar-refractivity contribution is -0.0521. The van der Waals surface area contributed by atoms with E-state index in [1.807, 2.05) is 11.1 Å². The van der Waals surface area contributed by atoms with Crippen molar-refractivity contribution in [1.29, 1.82) is 0 Å². The van der Waals surface area contributed by atoms with E-state index in [0.717, 1.165) is 35.5 Å². The van der Waals surface area contributed by atoms with Gasteiger partial charge in [-0.05, 0) is 138 Å². The molecule has 6 saturated carbocycles. The van der Waals surface area contributed by atoms with Crippen LogP contribution in [0.15, 0.2) is 23.3 Å². The monoisotopic (exact) mass is 563 g/mol. The van der Waals surface area contributed by atoms with Gasteiger partial charge in [0, 0.05) is 0 Å². The molecule has 232 valence electrons. The smallest absolute Gasteiger partial charge is 0.0579 e. The van der Waals surface area contributed by atoms with Gasteiger partial charge in [0.15, 0.2) is 0 Å². The normalized spacial score (nSPS) is 33.8. The molecule has 6 rings (SSSR count). The maximum atomic E-state index is 6.86. The summed E-state index contributed by atoms with van der Waals surface area (Å²) in [5.41, 5.74) is 3.89. The van der Waals surface area contributed by atoms with E-state index in [9.17, 15) is 0 Å². The van der Waals surface area contributed by atoms with Gasteiger partial charge in [0.25, 0.3) is 0 Å². The summed E-state index contributed by atoms with van der Waals surface area (Å²) in [6.07, 6.45) is 47.3. The van der Waals surface area contributed by atoms with Crippen molar-refractivity contribution < 1.29 is 4.74 Å². The molecular formula is C40H66O. The molecular weight excluding hydrogens is 496 g/mol. The molecule has 0 aromatic carbocycles. The first kappa shape index (κ1) is 30.5. The molecule has 1 heteroatoms. The molecule has 6 fully saturated rings. The second-order valence-electron chi connectivity index (χ2n) is 15.9. The highest BCUT2D eigenvalue weighted by molar-refractivity contribution is 5.16. The zero-order valence-electron chi connectivity index (χ0n) is 27.0. The van der Waals surface area contributed by atoms with Gasteiger partial charge >= 0.3 is 0 Å². The standard InChI is InChI=1S/C40H66O/c1-5-13-33(14-6-1)39(34-15-7-2-8-16-34)29-31-21-25-37(26-22-31)41-38-27-23-32(24-28-38)30-40(35-17-9-3-10-18-35)36-19-11-4-12-20-36/h29-38H,1-28H2. The minimum Gasteiger partial charge on any atom is -0.375 e. The molecule has 41 heavy (non-hydrogen) atoms. The molecule has 0 amide bonds. The molecule has 0 aromatic heterocycles. The fourth-order valence-corrected chi connectivity index (χ4v) is 10.6. The van der Waals surface area contributed by atoms with Gasteiger partial charge in [0.05, 0.1) is 12.2 Å². The van der Waals surface area contributed by atoms with Crippen LogP contribution in [-0.2, 0) is 4.74 Å². The Morgan fingerprint density at radius 3 is 0.854 bits per heavy atom. The Balaban J connectivity index is 0.980. The number of hydrogen-bond acceptors (Lipinski definition) is 1. The van der Waals surface area contributed by atoms with Gasteiger partial charge in [-0.15, -0.1) is 0 Å². The topological polar surface area (TPSA) is 9.23 Å². The third kappa shape index (κ3) is 8.76. The van der Waals surface area contributed by atoms with Crippen LogP contribution in [0.3, 0.4) is 0 Å². The first-order chi connectivity index (χ1) is 20.3. The summed E-state index contributed by atoms with van der Waals surface area (Å²) < 4.78 is 6.86. The van der Waals surface area contributed by atoms with E-state index in [4.69, 9.17) is 4.74 Å². The van der Waals surface area contributed by atoms with Gasteiger partial charge in [-0.2, -0.15) is 0 Å². The largest absolute Gasteiger partial charge is 0.375 e. The minimum absolute atomic E-state index is 0.546. The van der Waals surface area contributed by atoms with Crippen LogP contribution in [0, 0.1) is 35.5 Å². The summed E-state index contributed by atoms with van der Waals surface area (Å²) in [6, 6.07) is 0. The van der Waals surface area contributed by atoms with E-state index in [0.29, 0.717) is 12.2 Å². The average Bonchev–Trinajstić information content (AvgIpc) is 3.06. The maximum Gasteiger partial charge on any atom is 0.0579 e. The van der Waals surface area contributed by atoms with Gasteiger partial charge in [-0.3, -0.25) is 0 Å². The predicted molar refractivity (Wildman–Crippen MR) is 175 cm³/mol. The molecule has 6 aliphatic carbocycles. The number of hydrogen-bond donors (Lipinski definition) is 0. The van der Waals surface area contributed by atoms with Crippen molar-refractivity contribution in [1.82, 2.24) is 0 Å². The lowest BCUT2D eigenvalue weighted by Gasteiger charge is -2.37. The summed E-state index contributed by atoms with van der Waals surface area (Å²) in [6.45, 7) is 0. The lowest BCUT2D eigenvalue weighted by atomic mass is 9.71. The van der Waals surface area contributed by atoms with E-state index < -0.39 is 0 Å². The highest BCUT2D eigenvalue weighted by atomic mass is 16.5. The van der Waals surface area contributed by atoms with Crippen molar-refractivity contribution in [2.75, 3.05) is 0 Å². The highest BCUT2D eigenvalue weighted by Gasteiger charge is 2.31. The van der Waals surface area contributed by atoms with Crippen molar-refractivity contribution in [3.05, 3.63) is 23.3 Å². The molecule has 0 radical (unpaired) electrons. The first-order valence-corrected chi connectivity index (χ1v) is 19.4. The van der Waals surface area contributed by atoms with Gasteiger partial charge in [0.2, 0.25) is 0 Å². The SMILES string of the molecule is C(=C(C1CCCCC1)C1CCCCC1)C1CCC(OC2CCC(C=C(C3CCCCC3)C3CCCCC3)CC2)CC1. The van der Waals surface area contributed by atoms with Crippen LogP contribution < -0.4 is 0 Å². The van der Waals surface area contributed by atoms with Crippen LogP contribution in [0.4, 0.5) is 0 Å². The third-order valence-electron chi connectivity index (χ3n) is 13.0. The van der Waals surface area contributed by atoms with E-state index in [2.05, 4.69) is 12.2 Å². The molecule has 0 N–H and O–H groups in total. The lowest BCUT2D eigenvalue weighted by Crippen LogP contribution is -2.30. The number of rotatable bonds is 8. The van der Waals surface area contributed by atoms with Crippen molar-refractivity contribution >= 4 is 0 Å². The van der Waals surface area contributed by atoms with Crippen molar-refractivity contribution in [2.24, 2.45) is 35.5 Å². The molecule has 0 saturated heterocycles. The molecule has 0 aromatic rings. The Bertz CT molecular complexity index is 690. The summed E-state index contributed by atoms with van der Waals surface area (Å²) in [5, 5.41) is 0. The van der Waals surface area contributed by atoms with Crippen LogP contribution in [0.2, 0.25) is 0 Å². The minimum atomic E-state index is 0.546. The summed E-state index contributed by atoms with van der Waals surface area (Å²) in [7, 11) is 0. The van der Waals surface area contributed by atoms with E-state index in [1.54, 1.807) is 0 Å². The zero-order valence-corrected chi connectivity index (χ0v) is 27.0. The predicted octanol–water partition coefficient (Wildman–Crippen LogP) is 12.3. The molecule has 1 nitrogen and oxygen atoms in total. The Morgan fingerprint density at radius 2 is 0.585 bits per heavy atom. The van der Waals surface area contributed by atoms with E-state index in [-0.39, 0.29) is 0 Å². The van der Waals surface area contributed by atoms with Crippen molar-refractivity contribution in [3.63, 3.8) is 0 Å². The van der Waals surface area contributed by atoms with Crippen LogP contribution in [0.25, 0.3) is 0 Å².